The molecule has 2 aliphatic rings. The van der Waals surface area contributed by atoms with Gasteiger partial charge < -0.3 is 19.1 Å². The van der Waals surface area contributed by atoms with Crippen LogP contribution in [0.25, 0.3) is 0 Å². The topological polar surface area (TPSA) is 64.1 Å². The molecular weight excluding hydrogens is 402 g/mol. The SMILES string of the molecule is COc1ccc(C(=O)[C@H]2CCCN(Cc3cnc(N4CCOCC4)s3)C2)c(OC)c1. The molecule has 1 atom stereocenters. The molecule has 0 bridgehead atoms. The summed E-state index contributed by atoms with van der Waals surface area (Å²) in [6.07, 6.45) is 3.91. The number of methoxy groups -OCH3 is 2. The maximum absolute atomic E-state index is 13.2. The quantitative estimate of drug-likeness (QED) is 0.624. The third-order valence-corrected chi connectivity index (χ3v) is 6.80. The Morgan fingerprint density at radius 1 is 1.23 bits per heavy atom. The Balaban J connectivity index is 1.40. The van der Waals surface area contributed by atoms with Crippen molar-refractivity contribution in [3.8, 4) is 11.5 Å². The molecular formula is C22H29N3O4S. The zero-order chi connectivity index (χ0) is 20.9. The number of carbonyl (C=O) groups excluding carboxylic acids is 1. The molecule has 0 spiro atoms. The minimum absolute atomic E-state index is 0.0207. The summed E-state index contributed by atoms with van der Waals surface area (Å²) in [5, 5.41) is 1.07. The van der Waals surface area contributed by atoms with Gasteiger partial charge in [-0.25, -0.2) is 4.98 Å². The van der Waals surface area contributed by atoms with Crippen LogP contribution >= 0.6 is 11.3 Å². The standard InChI is InChI=1S/C22H29N3O4S/c1-27-17-5-6-19(20(12-17)28-2)21(26)16-4-3-7-24(14-16)15-18-13-23-22(30-18)25-8-10-29-11-9-25/h5-6,12-13,16H,3-4,7-11,14-15H2,1-2H3/t16-/m0/s1. The molecule has 0 saturated carbocycles. The van der Waals surface area contributed by atoms with Crippen molar-refractivity contribution in [2.45, 2.75) is 19.4 Å². The molecule has 162 valence electrons. The van der Waals surface area contributed by atoms with Gasteiger partial charge in [0.25, 0.3) is 0 Å². The predicted octanol–water partition coefficient (Wildman–Crippen LogP) is 3.09. The van der Waals surface area contributed by atoms with Gasteiger partial charge in [-0.15, -0.1) is 11.3 Å². The van der Waals surface area contributed by atoms with Crippen LogP contribution in [0.1, 0.15) is 28.1 Å². The first kappa shape index (κ1) is 21.1. The Morgan fingerprint density at radius 3 is 2.83 bits per heavy atom. The van der Waals surface area contributed by atoms with Gasteiger partial charge in [0.2, 0.25) is 0 Å². The Labute approximate surface area is 181 Å². The molecule has 8 heteroatoms. The minimum atomic E-state index is -0.0207. The van der Waals surface area contributed by atoms with E-state index in [9.17, 15) is 4.79 Å². The second-order valence-corrected chi connectivity index (χ2v) is 8.81. The zero-order valence-electron chi connectivity index (χ0n) is 17.6. The van der Waals surface area contributed by atoms with Crippen LogP contribution in [0.4, 0.5) is 5.13 Å². The van der Waals surface area contributed by atoms with Crippen LogP contribution in [0, 0.1) is 5.92 Å². The highest BCUT2D eigenvalue weighted by Crippen LogP contribution is 2.31. The Hall–Kier alpha value is -2.16. The molecule has 1 aromatic carbocycles. The second kappa shape index (κ2) is 9.76. The molecule has 2 fully saturated rings. The first-order chi connectivity index (χ1) is 14.7. The molecule has 0 unspecified atom stereocenters. The first-order valence-corrected chi connectivity index (χ1v) is 11.3. The molecule has 30 heavy (non-hydrogen) atoms. The van der Waals surface area contributed by atoms with Crippen molar-refractivity contribution in [3.63, 3.8) is 0 Å². The summed E-state index contributed by atoms with van der Waals surface area (Å²) in [5.74, 6) is 1.40. The van der Waals surface area contributed by atoms with Crippen LogP contribution in [0.2, 0.25) is 0 Å². The number of rotatable bonds is 7. The van der Waals surface area contributed by atoms with Crippen molar-refractivity contribution in [2.75, 3.05) is 58.5 Å². The predicted molar refractivity (Wildman–Crippen MR) is 117 cm³/mol. The van der Waals surface area contributed by atoms with Gasteiger partial charge in [0, 0.05) is 49.2 Å². The summed E-state index contributed by atoms with van der Waals surface area (Å²) in [6, 6.07) is 5.41. The molecule has 0 N–H and O–H groups in total. The summed E-state index contributed by atoms with van der Waals surface area (Å²) < 4.78 is 16.1. The molecule has 0 aliphatic carbocycles. The molecule has 2 aromatic rings. The van der Waals surface area contributed by atoms with Crippen molar-refractivity contribution in [2.24, 2.45) is 5.92 Å². The number of Topliss-reactive ketones (excluding diaryl/α,β-unsaturated/α-hetero) is 1. The zero-order valence-corrected chi connectivity index (χ0v) is 18.5. The van der Waals surface area contributed by atoms with Gasteiger partial charge in [-0.2, -0.15) is 0 Å². The largest absolute Gasteiger partial charge is 0.497 e. The number of nitrogens with zero attached hydrogens (tertiary/aromatic N) is 3. The van der Waals surface area contributed by atoms with Crippen LogP contribution in [0.15, 0.2) is 24.4 Å². The van der Waals surface area contributed by atoms with E-state index in [0.29, 0.717) is 17.1 Å². The Morgan fingerprint density at radius 2 is 2.07 bits per heavy atom. The normalized spacial score (nSPS) is 20.2. The summed E-state index contributed by atoms with van der Waals surface area (Å²) in [5.41, 5.74) is 0.637. The number of likely N-dealkylation sites (tertiary alicyclic amines) is 1. The van der Waals surface area contributed by atoms with Gasteiger partial charge in [-0.1, -0.05) is 0 Å². The van der Waals surface area contributed by atoms with Gasteiger partial charge in [0.05, 0.1) is 33.0 Å². The Bertz CT molecular complexity index is 866. The summed E-state index contributed by atoms with van der Waals surface area (Å²) >= 11 is 1.75. The number of hydrogen-bond donors (Lipinski definition) is 0. The minimum Gasteiger partial charge on any atom is -0.497 e. The lowest BCUT2D eigenvalue weighted by Crippen LogP contribution is -2.38. The van der Waals surface area contributed by atoms with Crippen molar-refractivity contribution in [1.82, 2.24) is 9.88 Å². The van der Waals surface area contributed by atoms with Crippen LogP contribution in [-0.2, 0) is 11.3 Å². The molecule has 2 saturated heterocycles. The van der Waals surface area contributed by atoms with E-state index in [0.717, 1.165) is 63.9 Å². The van der Waals surface area contributed by atoms with Gasteiger partial charge in [-0.05, 0) is 31.5 Å². The fourth-order valence-electron chi connectivity index (χ4n) is 4.13. The molecule has 1 aromatic heterocycles. The molecule has 3 heterocycles. The van der Waals surface area contributed by atoms with Crippen molar-refractivity contribution in [3.05, 3.63) is 34.8 Å². The molecule has 4 rings (SSSR count). The van der Waals surface area contributed by atoms with Gasteiger partial charge >= 0.3 is 0 Å². The summed E-state index contributed by atoms with van der Waals surface area (Å²) in [6.45, 7) is 5.94. The van der Waals surface area contributed by atoms with E-state index in [1.54, 1.807) is 31.6 Å². The first-order valence-electron chi connectivity index (χ1n) is 10.4. The highest BCUT2D eigenvalue weighted by molar-refractivity contribution is 7.15. The number of thiazole rings is 1. The van der Waals surface area contributed by atoms with Crippen molar-refractivity contribution >= 4 is 22.3 Å². The number of anilines is 1. The van der Waals surface area contributed by atoms with E-state index in [4.69, 9.17) is 14.2 Å². The van der Waals surface area contributed by atoms with E-state index in [1.807, 2.05) is 18.3 Å². The number of piperidine rings is 1. The molecule has 0 amide bonds. The number of ether oxygens (including phenoxy) is 3. The molecule has 7 nitrogen and oxygen atoms in total. The van der Waals surface area contributed by atoms with Gasteiger partial charge in [0.1, 0.15) is 11.5 Å². The monoisotopic (exact) mass is 431 g/mol. The Kier molecular flexibility index (Phi) is 6.86. The molecule has 0 radical (unpaired) electrons. The van der Waals surface area contributed by atoms with E-state index in [2.05, 4.69) is 14.8 Å². The van der Waals surface area contributed by atoms with Gasteiger partial charge in [0.15, 0.2) is 10.9 Å². The number of ketones is 1. The third-order valence-electron chi connectivity index (χ3n) is 5.75. The van der Waals surface area contributed by atoms with E-state index >= 15 is 0 Å². The smallest absolute Gasteiger partial charge is 0.185 e. The summed E-state index contributed by atoms with van der Waals surface area (Å²) in [4.78, 5) is 23.7. The third kappa shape index (κ3) is 4.77. The average Bonchev–Trinajstić information content (AvgIpc) is 3.27. The lowest BCUT2D eigenvalue weighted by atomic mass is 9.89. The van der Waals surface area contributed by atoms with E-state index in [1.165, 1.54) is 4.88 Å². The summed E-state index contributed by atoms with van der Waals surface area (Å²) in [7, 11) is 3.20. The van der Waals surface area contributed by atoms with Crippen LogP contribution in [0.3, 0.4) is 0 Å². The van der Waals surface area contributed by atoms with Crippen LogP contribution in [0.5, 0.6) is 11.5 Å². The number of benzene rings is 1. The fraction of sp³-hybridized carbons (Fsp3) is 0.545. The average molecular weight is 432 g/mol. The van der Waals surface area contributed by atoms with Crippen molar-refractivity contribution in [1.29, 1.82) is 0 Å². The highest BCUT2D eigenvalue weighted by atomic mass is 32.1. The lowest BCUT2D eigenvalue weighted by Gasteiger charge is -2.31. The van der Waals surface area contributed by atoms with E-state index < -0.39 is 0 Å². The second-order valence-electron chi connectivity index (χ2n) is 7.71. The number of morpholine rings is 1. The fourth-order valence-corrected chi connectivity index (χ4v) is 5.13. The number of carbonyl (C=O) groups is 1. The van der Waals surface area contributed by atoms with E-state index in [-0.39, 0.29) is 11.7 Å². The van der Waals surface area contributed by atoms with Crippen LogP contribution < -0.4 is 14.4 Å². The number of hydrogen-bond acceptors (Lipinski definition) is 8. The maximum Gasteiger partial charge on any atom is 0.185 e. The lowest BCUT2D eigenvalue weighted by molar-refractivity contribution is 0.0809. The van der Waals surface area contributed by atoms with Crippen molar-refractivity contribution < 1.29 is 19.0 Å². The highest BCUT2D eigenvalue weighted by Gasteiger charge is 2.29. The van der Waals surface area contributed by atoms with Gasteiger partial charge in [-0.3, -0.25) is 9.69 Å². The maximum atomic E-state index is 13.2. The molecule has 2 aliphatic heterocycles. The van der Waals surface area contributed by atoms with Crippen LogP contribution in [-0.4, -0.2) is 69.3 Å². The number of aromatic nitrogens is 1.